The highest BCUT2D eigenvalue weighted by atomic mass is 16.1. The number of amides is 1. The second-order valence-corrected chi connectivity index (χ2v) is 5.46. The monoisotopic (exact) mass is 243 g/mol. The van der Waals surface area contributed by atoms with E-state index in [1.807, 2.05) is 6.08 Å². The second-order valence-electron chi connectivity index (χ2n) is 5.46. The molecule has 1 aliphatic carbocycles. The van der Waals surface area contributed by atoms with Crippen LogP contribution in [0.4, 0.5) is 0 Å². The van der Waals surface area contributed by atoms with Gasteiger partial charge in [0.2, 0.25) is 5.91 Å². The number of nitrogens with one attached hydrogen (secondary N) is 1. The zero-order valence-electron chi connectivity index (χ0n) is 11.1. The highest BCUT2D eigenvalue weighted by Crippen LogP contribution is 2.18. The summed E-state index contributed by atoms with van der Waals surface area (Å²) in [5, 5.41) is 2.94. The lowest BCUT2D eigenvalue weighted by molar-refractivity contribution is -0.116. The van der Waals surface area contributed by atoms with Crippen LogP contribution in [-0.4, -0.2) is 11.9 Å². The third kappa shape index (κ3) is 4.36. The molecule has 1 N–H and O–H groups in total. The Labute approximate surface area is 109 Å². The van der Waals surface area contributed by atoms with Crippen molar-refractivity contribution in [1.82, 2.24) is 5.32 Å². The Kier molecular flexibility index (Phi) is 4.19. The summed E-state index contributed by atoms with van der Waals surface area (Å²) in [6.07, 6.45) is 6.85. The van der Waals surface area contributed by atoms with Gasteiger partial charge < -0.3 is 5.32 Å². The van der Waals surface area contributed by atoms with Gasteiger partial charge >= 0.3 is 0 Å². The van der Waals surface area contributed by atoms with Crippen LogP contribution in [0, 0.1) is 5.92 Å². The minimum Gasteiger partial charge on any atom is -0.350 e. The average molecular weight is 243 g/mol. The molecule has 1 aromatic rings. The summed E-state index contributed by atoms with van der Waals surface area (Å²) in [5.41, 5.74) is 2.43. The summed E-state index contributed by atoms with van der Waals surface area (Å²) in [6.45, 7) is 4.44. The van der Waals surface area contributed by atoms with Gasteiger partial charge in [0.1, 0.15) is 0 Å². The Morgan fingerprint density at radius 2 is 2.00 bits per heavy atom. The Balaban J connectivity index is 1.88. The van der Waals surface area contributed by atoms with E-state index >= 15 is 0 Å². The SMILES string of the molecule is CC(C)Cc1ccc(/C=C\C(=O)NC2CC2)cc1. The Hall–Kier alpha value is -1.57. The molecule has 1 aromatic carbocycles. The van der Waals surface area contributed by atoms with Crippen molar-refractivity contribution in [3.8, 4) is 0 Å². The van der Waals surface area contributed by atoms with Crippen LogP contribution in [-0.2, 0) is 11.2 Å². The van der Waals surface area contributed by atoms with Crippen molar-refractivity contribution in [2.45, 2.75) is 39.2 Å². The molecule has 0 bridgehead atoms. The second kappa shape index (κ2) is 5.85. The molecule has 0 saturated heterocycles. The molecule has 0 unspecified atom stereocenters. The van der Waals surface area contributed by atoms with Crippen molar-refractivity contribution in [2.75, 3.05) is 0 Å². The molecule has 2 heteroatoms. The van der Waals surface area contributed by atoms with Crippen molar-refractivity contribution in [2.24, 2.45) is 5.92 Å². The van der Waals surface area contributed by atoms with Crippen LogP contribution in [0.5, 0.6) is 0 Å². The molecule has 96 valence electrons. The minimum atomic E-state index is 0.0174. The van der Waals surface area contributed by atoms with Gasteiger partial charge in [-0.15, -0.1) is 0 Å². The first kappa shape index (κ1) is 12.9. The fourth-order valence-corrected chi connectivity index (χ4v) is 1.89. The smallest absolute Gasteiger partial charge is 0.244 e. The lowest BCUT2D eigenvalue weighted by Gasteiger charge is -2.04. The van der Waals surface area contributed by atoms with Crippen molar-refractivity contribution in [3.63, 3.8) is 0 Å². The van der Waals surface area contributed by atoms with E-state index in [0.29, 0.717) is 12.0 Å². The van der Waals surface area contributed by atoms with Crippen LogP contribution in [0.3, 0.4) is 0 Å². The van der Waals surface area contributed by atoms with E-state index in [2.05, 4.69) is 43.4 Å². The van der Waals surface area contributed by atoms with Gasteiger partial charge in [-0.3, -0.25) is 4.79 Å². The van der Waals surface area contributed by atoms with Crippen molar-refractivity contribution in [3.05, 3.63) is 41.5 Å². The molecular formula is C16H21NO. The van der Waals surface area contributed by atoms with Gasteiger partial charge in [0.25, 0.3) is 0 Å². The summed E-state index contributed by atoms with van der Waals surface area (Å²) >= 11 is 0. The molecular weight excluding hydrogens is 222 g/mol. The molecule has 0 radical (unpaired) electrons. The van der Waals surface area contributed by atoms with Crippen LogP contribution in [0.2, 0.25) is 0 Å². The maximum Gasteiger partial charge on any atom is 0.244 e. The lowest BCUT2D eigenvalue weighted by Crippen LogP contribution is -2.22. The summed E-state index contributed by atoms with van der Waals surface area (Å²) in [7, 11) is 0. The molecule has 0 spiro atoms. The Bertz CT molecular complexity index is 427. The number of carbonyl (C=O) groups excluding carboxylic acids is 1. The van der Waals surface area contributed by atoms with Crippen LogP contribution < -0.4 is 5.32 Å². The largest absolute Gasteiger partial charge is 0.350 e. The third-order valence-electron chi connectivity index (χ3n) is 2.97. The quantitative estimate of drug-likeness (QED) is 0.791. The third-order valence-corrected chi connectivity index (χ3v) is 2.97. The first-order valence-corrected chi connectivity index (χ1v) is 6.71. The Morgan fingerprint density at radius 1 is 1.33 bits per heavy atom. The molecule has 2 rings (SSSR count). The summed E-state index contributed by atoms with van der Waals surface area (Å²) in [6, 6.07) is 8.84. The number of benzene rings is 1. The highest BCUT2D eigenvalue weighted by Gasteiger charge is 2.21. The van der Waals surface area contributed by atoms with Gasteiger partial charge in [0.05, 0.1) is 0 Å². The van der Waals surface area contributed by atoms with Crippen molar-refractivity contribution >= 4 is 12.0 Å². The molecule has 0 aliphatic heterocycles. The van der Waals surface area contributed by atoms with E-state index in [9.17, 15) is 4.79 Å². The molecule has 0 aromatic heterocycles. The summed E-state index contributed by atoms with van der Waals surface area (Å²) in [4.78, 5) is 11.5. The van der Waals surface area contributed by atoms with E-state index in [1.54, 1.807) is 6.08 Å². The van der Waals surface area contributed by atoms with Gasteiger partial charge in [-0.1, -0.05) is 38.1 Å². The van der Waals surface area contributed by atoms with E-state index in [1.165, 1.54) is 5.56 Å². The maximum atomic E-state index is 11.5. The first-order valence-electron chi connectivity index (χ1n) is 6.71. The van der Waals surface area contributed by atoms with E-state index in [-0.39, 0.29) is 5.91 Å². The first-order chi connectivity index (χ1) is 8.63. The number of rotatable bonds is 5. The molecule has 1 saturated carbocycles. The normalized spacial score (nSPS) is 15.3. The van der Waals surface area contributed by atoms with Crippen molar-refractivity contribution < 1.29 is 4.79 Å². The molecule has 2 nitrogen and oxygen atoms in total. The highest BCUT2D eigenvalue weighted by molar-refractivity contribution is 5.92. The summed E-state index contributed by atoms with van der Waals surface area (Å²) < 4.78 is 0. The molecule has 0 atom stereocenters. The maximum absolute atomic E-state index is 11.5. The minimum absolute atomic E-state index is 0.0174. The van der Waals surface area contributed by atoms with Crippen LogP contribution >= 0.6 is 0 Å². The predicted molar refractivity (Wildman–Crippen MR) is 75.2 cm³/mol. The van der Waals surface area contributed by atoms with Gasteiger partial charge in [0.15, 0.2) is 0 Å². The van der Waals surface area contributed by atoms with Gasteiger partial charge in [-0.2, -0.15) is 0 Å². The van der Waals surface area contributed by atoms with Crippen LogP contribution in [0.15, 0.2) is 30.3 Å². The molecule has 1 amide bonds. The van der Waals surface area contributed by atoms with Gasteiger partial charge in [-0.25, -0.2) is 0 Å². The number of hydrogen-bond acceptors (Lipinski definition) is 1. The van der Waals surface area contributed by atoms with Crippen LogP contribution in [0.1, 0.15) is 37.8 Å². The standard InChI is InChI=1S/C16H21NO/c1-12(2)11-14-5-3-13(4-6-14)7-10-16(18)17-15-8-9-15/h3-7,10,12,15H,8-9,11H2,1-2H3,(H,17,18)/b10-7-. The Morgan fingerprint density at radius 3 is 2.56 bits per heavy atom. The predicted octanol–water partition coefficient (Wildman–Crippen LogP) is 3.18. The molecule has 1 aliphatic rings. The fourth-order valence-electron chi connectivity index (χ4n) is 1.89. The molecule has 1 fully saturated rings. The average Bonchev–Trinajstić information content (AvgIpc) is 3.11. The number of carbonyl (C=O) groups is 1. The van der Waals surface area contributed by atoms with Crippen molar-refractivity contribution in [1.29, 1.82) is 0 Å². The molecule has 18 heavy (non-hydrogen) atoms. The van der Waals surface area contributed by atoms with E-state index in [4.69, 9.17) is 0 Å². The zero-order valence-corrected chi connectivity index (χ0v) is 11.1. The lowest BCUT2D eigenvalue weighted by atomic mass is 10.0. The summed E-state index contributed by atoms with van der Waals surface area (Å²) in [5.74, 6) is 0.694. The fraction of sp³-hybridized carbons (Fsp3) is 0.438. The van der Waals surface area contributed by atoms with E-state index in [0.717, 1.165) is 24.8 Å². The van der Waals surface area contributed by atoms with E-state index < -0.39 is 0 Å². The number of hydrogen-bond donors (Lipinski definition) is 1. The van der Waals surface area contributed by atoms with Crippen LogP contribution in [0.25, 0.3) is 6.08 Å². The zero-order chi connectivity index (χ0) is 13.0. The van der Waals surface area contributed by atoms with Gasteiger partial charge in [-0.05, 0) is 42.4 Å². The van der Waals surface area contributed by atoms with Gasteiger partial charge in [0, 0.05) is 12.1 Å². The topological polar surface area (TPSA) is 29.1 Å². The molecule has 0 heterocycles.